The largest absolute Gasteiger partial charge is 0.368 e. The molecule has 1 amide bonds. The minimum absolute atomic E-state index is 0.253. The van der Waals surface area contributed by atoms with Crippen LogP contribution in [0.3, 0.4) is 0 Å². The smallest absolute Gasteiger partial charge is 0.267 e. The molecule has 1 heterocycles. The van der Waals surface area contributed by atoms with Crippen LogP contribution in [0.25, 0.3) is 11.3 Å². The zero-order chi connectivity index (χ0) is 13.1. The van der Waals surface area contributed by atoms with Crippen LogP contribution in [0.15, 0.2) is 41.2 Å². The minimum atomic E-state index is -0.624. The van der Waals surface area contributed by atoms with E-state index in [0.29, 0.717) is 16.3 Å². The van der Waals surface area contributed by atoms with E-state index < -0.39 is 5.91 Å². The van der Waals surface area contributed by atoms with Gasteiger partial charge in [0.25, 0.3) is 5.56 Å². The lowest BCUT2D eigenvalue weighted by Crippen LogP contribution is -2.29. The zero-order valence-corrected chi connectivity index (χ0v) is 10.1. The highest BCUT2D eigenvalue weighted by atomic mass is 35.5. The summed E-state index contributed by atoms with van der Waals surface area (Å²) in [5.41, 5.74) is 5.87. The third-order valence-corrected chi connectivity index (χ3v) is 2.65. The molecule has 0 aliphatic heterocycles. The first-order chi connectivity index (χ1) is 8.58. The quantitative estimate of drug-likeness (QED) is 0.899. The lowest BCUT2D eigenvalue weighted by atomic mass is 10.1. The van der Waals surface area contributed by atoms with Gasteiger partial charge in [0.05, 0.1) is 10.7 Å². The molecule has 0 saturated heterocycles. The Hall–Kier alpha value is -2.14. The fraction of sp³-hybridized carbons (Fsp3) is 0.0833. The number of rotatable bonds is 3. The van der Waals surface area contributed by atoms with Crippen LogP contribution in [0, 0.1) is 0 Å². The van der Waals surface area contributed by atoms with Crippen LogP contribution >= 0.6 is 11.6 Å². The van der Waals surface area contributed by atoms with E-state index in [2.05, 4.69) is 5.10 Å². The molecule has 0 saturated carbocycles. The maximum absolute atomic E-state index is 11.5. The number of nitrogens with zero attached hydrogens (tertiary/aromatic N) is 2. The molecule has 0 atom stereocenters. The highest BCUT2D eigenvalue weighted by molar-refractivity contribution is 6.33. The summed E-state index contributed by atoms with van der Waals surface area (Å²) >= 11 is 6.04. The van der Waals surface area contributed by atoms with Gasteiger partial charge in [0, 0.05) is 11.6 Å². The molecule has 5 nitrogen and oxygen atoms in total. The number of hydrogen-bond donors (Lipinski definition) is 1. The van der Waals surface area contributed by atoms with Gasteiger partial charge in [-0.05, 0) is 12.1 Å². The van der Waals surface area contributed by atoms with Gasteiger partial charge in [-0.15, -0.1) is 0 Å². The topological polar surface area (TPSA) is 78.0 Å². The van der Waals surface area contributed by atoms with Gasteiger partial charge in [-0.2, -0.15) is 5.10 Å². The molecule has 2 rings (SSSR count). The molecule has 1 aromatic carbocycles. The fourth-order valence-corrected chi connectivity index (χ4v) is 1.75. The predicted octanol–water partition coefficient (Wildman–Crippen LogP) is 1.05. The second-order valence-electron chi connectivity index (χ2n) is 3.66. The van der Waals surface area contributed by atoms with Crippen molar-refractivity contribution in [3.05, 3.63) is 51.8 Å². The van der Waals surface area contributed by atoms with E-state index in [1.807, 2.05) is 6.07 Å². The molecule has 2 aromatic rings. The highest BCUT2D eigenvalue weighted by Crippen LogP contribution is 2.24. The molecule has 2 N–H and O–H groups in total. The van der Waals surface area contributed by atoms with E-state index in [1.165, 1.54) is 6.07 Å². The summed E-state index contributed by atoms with van der Waals surface area (Å²) in [5, 5.41) is 4.58. The van der Waals surface area contributed by atoms with Crippen LogP contribution in [-0.2, 0) is 11.3 Å². The summed E-state index contributed by atoms with van der Waals surface area (Å²) in [5.74, 6) is -0.624. The number of amides is 1. The Balaban J connectivity index is 2.51. The van der Waals surface area contributed by atoms with Gasteiger partial charge in [-0.3, -0.25) is 9.59 Å². The van der Waals surface area contributed by atoms with E-state index in [4.69, 9.17) is 17.3 Å². The van der Waals surface area contributed by atoms with E-state index >= 15 is 0 Å². The molecule has 0 radical (unpaired) electrons. The van der Waals surface area contributed by atoms with Gasteiger partial charge in [-0.25, -0.2) is 4.68 Å². The molecule has 0 unspecified atom stereocenters. The van der Waals surface area contributed by atoms with Gasteiger partial charge >= 0.3 is 0 Å². The number of carbonyl (C=O) groups excluding carboxylic acids is 1. The van der Waals surface area contributed by atoms with Crippen molar-refractivity contribution in [2.45, 2.75) is 6.54 Å². The number of hydrogen-bond acceptors (Lipinski definition) is 3. The van der Waals surface area contributed by atoms with Crippen LogP contribution in [0.1, 0.15) is 0 Å². The van der Waals surface area contributed by atoms with Crippen molar-refractivity contribution in [3.8, 4) is 11.3 Å². The maximum Gasteiger partial charge on any atom is 0.267 e. The lowest BCUT2D eigenvalue weighted by Gasteiger charge is -2.06. The third kappa shape index (κ3) is 2.57. The predicted molar refractivity (Wildman–Crippen MR) is 68.1 cm³/mol. The van der Waals surface area contributed by atoms with Crippen LogP contribution in [0.2, 0.25) is 5.02 Å². The van der Waals surface area contributed by atoms with Crippen molar-refractivity contribution in [2.75, 3.05) is 0 Å². The van der Waals surface area contributed by atoms with Crippen LogP contribution in [0.5, 0.6) is 0 Å². The molecule has 0 bridgehead atoms. The number of carbonyl (C=O) groups is 1. The Bertz CT molecular complexity index is 652. The Morgan fingerprint density at radius 3 is 2.67 bits per heavy atom. The van der Waals surface area contributed by atoms with Gasteiger partial charge < -0.3 is 5.73 Å². The summed E-state index contributed by atoms with van der Waals surface area (Å²) < 4.78 is 1.01. The number of nitrogens with two attached hydrogens (primary N) is 1. The van der Waals surface area contributed by atoms with Crippen molar-refractivity contribution in [3.63, 3.8) is 0 Å². The number of benzene rings is 1. The van der Waals surface area contributed by atoms with Crippen LogP contribution < -0.4 is 11.3 Å². The van der Waals surface area contributed by atoms with E-state index in [0.717, 1.165) is 4.68 Å². The normalized spacial score (nSPS) is 10.3. The molecule has 0 fully saturated rings. The molecular formula is C12H10ClN3O2. The highest BCUT2D eigenvalue weighted by Gasteiger charge is 2.07. The average Bonchev–Trinajstić information content (AvgIpc) is 2.32. The van der Waals surface area contributed by atoms with E-state index in [9.17, 15) is 9.59 Å². The van der Waals surface area contributed by atoms with Crippen molar-refractivity contribution >= 4 is 17.5 Å². The van der Waals surface area contributed by atoms with Gasteiger partial charge in [-0.1, -0.05) is 29.8 Å². The molecule has 0 aliphatic carbocycles. The lowest BCUT2D eigenvalue weighted by molar-refractivity contribution is -0.118. The number of aromatic nitrogens is 2. The summed E-state index contributed by atoms with van der Waals surface area (Å²) in [4.78, 5) is 22.3. The Morgan fingerprint density at radius 2 is 2.00 bits per heavy atom. The summed E-state index contributed by atoms with van der Waals surface area (Å²) in [6, 6.07) is 10.00. The summed E-state index contributed by atoms with van der Waals surface area (Å²) in [6.07, 6.45) is 0. The van der Waals surface area contributed by atoms with Crippen LogP contribution in [0.4, 0.5) is 0 Å². The Labute approximate surface area is 108 Å². The van der Waals surface area contributed by atoms with Crippen molar-refractivity contribution in [1.29, 1.82) is 0 Å². The zero-order valence-electron chi connectivity index (χ0n) is 9.34. The molecule has 6 heteroatoms. The van der Waals surface area contributed by atoms with Crippen molar-refractivity contribution in [2.24, 2.45) is 5.73 Å². The molecule has 18 heavy (non-hydrogen) atoms. The number of halogens is 1. The minimum Gasteiger partial charge on any atom is -0.368 e. The first kappa shape index (κ1) is 12.3. The molecular weight excluding hydrogens is 254 g/mol. The Kier molecular flexibility index (Phi) is 3.43. The van der Waals surface area contributed by atoms with Gasteiger partial charge in [0.2, 0.25) is 5.91 Å². The fourth-order valence-electron chi connectivity index (χ4n) is 1.52. The average molecular weight is 264 g/mol. The SMILES string of the molecule is NC(=O)Cn1nc(-c2ccccc2Cl)ccc1=O. The first-order valence-corrected chi connectivity index (χ1v) is 5.57. The van der Waals surface area contributed by atoms with E-state index in [1.54, 1.807) is 24.3 Å². The van der Waals surface area contributed by atoms with Crippen LogP contribution in [-0.4, -0.2) is 15.7 Å². The standard InChI is InChI=1S/C12H10ClN3O2/c13-9-4-2-1-3-8(9)10-5-6-12(18)16(15-10)7-11(14)17/h1-6H,7H2,(H2,14,17). The molecule has 0 aliphatic rings. The number of primary amides is 1. The van der Waals surface area contributed by atoms with Crippen molar-refractivity contribution < 1.29 is 4.79 Å². The monoisotopic (exact) mass is 263 g/mol. The molecule has 92 valence electrons. The second kappa shape index (κ2) is 5.01. The summed E-state index contributed by atoms with van der Waals surface area (Å²) in [6.45, 7) is -0.253. The van der Waals surface area contributed by atoms with Gasteiger partial charge in [0.15, 0.2) is 0 Å². The van der Waals surface area contributed by atoms with E-state index in [-0.39, 0.29) is 12.1 Å². The van der Waals surface area contributed by atoms with Gasteiger partial charge in [0.1, 0.15) is 6.54 Å². The Morgan fingerprint density at radius 1 is 1.28 bits per heavy atom. The second-order valence-corrected chi connectivity index (χ2v) is 4.07. The summed E-state index contributed by atoms with van der Waals surface area (Å²) in [7, 11) is 0. The third-order valence-electron chi connectivity index (χ3n) is 2.32. The molecule has 1 aromatic heterocycles. The maximum atomic E-state index is 11.5. The molecule has 0 spiro atoms. The van der Waals surface area contributed by atoms with Crippen molar-refractivity contribution in [1.82, 2.24) is 9.78 Å². The first-order valence-electron chi connectivity index (χ1n) is 5.19.